The highest BCUT2D eigenvalue weighted by atomic mass is 19.4. The monoisotopic (exact) mass is 393 g/mol. The molecule has 2 aliphatic heterocycles. The van der Waals surface area contributed by atoms with E-state index >= 15 is 0 Å². The Morgan fingerprint density at radius 1 is 1.44 bits per heavy atom. The molecule has 1 aromatic heterocycles. The number of aliphatic carboxylic acids is 1. The number of carbonyl (C=O) groups is 1. The number of piperidine rings is 1. The maximum atomic E-state index is 10.6. The van der Waals surface area contributed by atoms with Gasteiger partial charge < -0.3 is 19.8 Å². The number of rotatable bonds is 3. The second-order valence-electron chi connectivity index (χ2n) is 7.29. The summed E-state index contributed by atoms with van der Waals surface area (Å²) in [5.74, 6) is -2.26. The van der Waals surface area contributed by atoms with Crippen molar-refractivity contribution in [2.45, 2.75) is 50.0 Å². The third-order valence-corrected chi connectivity index (χ3v) is 4.94. The highest BCUT2D eigenvalue weighted by molar-refractivity contribution is 5.73. The van der Waals surface area contributed by atoms with Gasteiger partial charge in [0.1, 0.15) is 0 Å². The number of aromatic nitrogens is 2. The fourth-order valence-electron chi connectivity index (χ4n) is 3.57. The number of aryl methyl sites for hydroxylation is 1. The molecule has 0 saturated carbocycles. The molecule has 2 saturated heterocycles. The Bertz CT molecular complexity index is 625. The van der Waals surface area contributed by atoms with Crippen LogP contribution in [0.1, 0.15) is 37.7 Å². The van der Waals surface area contributed by atoms with Crippen molar-refractivity contribution in [2.24, 2.45) is 7.05 Å². The number of hydrogen-bond donors (Lipinski definition) is 2. The summed E-state index contributed by atoms with van der Waals surface area (Å²) < 4.78 is 39.8. The van der Waals surface area contributed by atoms with Crippen molar-refractivity contribution < 1.29 is 32.9 Å². The second-order valence-corrected chi connectivity index (χ2v) is 7.29. The summed E-state index contributed by atoms with van der Waals surface area (Å²) in [5.41, 5.74) is 1.37. The molecule has 0 radical (unpaired) electrons. The molecule has 10 heteroatoms. The summed E-state index contributed by atoms with van der Waals surface area (Å²) in [6.45, 7) is 5.52. The van der Waals surface area contributed by atoms with Gasteiger partial charge in [-0.15, -0.1) is 0 Å². The zero-order valence-corrected chi connectivity index (χ0v) is 15.4. The lowest BCUT2D eigenvalue weighted by Crippen LogP contribution is -2.46. The van der Waals surface area contributed by atoms with Gasteiger partial charge >= 0.3 is 12.1 Å². The summed E-state index contributed by atoms with van der Waals surface area (Å²) in [4.78, 5) is 11.2. The molecule has 2 unspecified atom stereocenters. The van der Waals surface area contributed by atoms with Crippen LogP contribution in [-0.2, 0) is 16.6 Å². The minimum absolute atomic E-state index is 0.0652. The van der Waals surface area contributed by atoms with E-state index in [1.807, 2.05) is 24.9 Å². The van der Waals surface area contributed by atoms with Crippen LogP contribution in [0, 0.1) is 0 Å². The Kier molecular flexibility index (Phi) is 6.87. The predicted octanol–water partition coefficient (Wildman–Crippen LogP) is 1.77. The number of alkyl halides is 3. The number of aliphatic hydroxyl groups excluding tert-OH is 1. The number of nitrogens with zero attached hydrogens (tertiary/aromatic N) is 3. The normalized spacial score (nSPS) is 23.7. The number of likely N-dealkylation sites (tertiary alicyclic amines) is 1. The Labute approximate surface area is 155 Å². The average Bonchev–Trinajstić information content (AvgIpc) is 3.16. The van der Waals surface area contributed by atoms with Gasteiger partial charge in [-0.2, -0.15) is 18.3 Å². The summed E-state index contributed by atoms with van der Waals surface area (Å²) in [6, 6.07) is 0. The predicted molar refractivity (Wildman–Crippen MR) is 90.3 cm³/mol. The average molecular weight is 393 g/mol. The van der Waals surface area contributed by atoms with Crippen LogP contribution in [0.4, 0.5) is 13.2 Å². The molecule has 1 aromatic rings. The van der Waals surface area contributed by atoms with E-state index in [0.29, 0.717) is 5.92 Å². The van der Waals surface area contributed by atoms with Gasteiger partial charge in [-0.1, -0.05) is 0 Å². The zero-order chi connectivity index (χ0) is 20.2. The van der Waals surface area contributed by atoms with E-state index in [1.54, 1.807) is 0 Å². The standard InChI is InChI=1S/C15H25N3O2.C2HF3O2/c1-12(19)9-18-5-3-15(4-6-18)7-13(11-20-15)14-8-16-17(2)10-14;3-2(4,5)1(6)7/h8,10,12-13,19H,3-7,9,11H2,1-2H3;(H,6,7). The number of β-amino-alcohol motifs (C(OH)–C–C–N with tert-alkyl or cyclic N) is 1. The lowest BCUT2D eigenvalue weighted by atomic mass is 9.84. The minimum Gasteiger partial charge on any atom is -0.475 e. The van der Waals surface area contributed by atoms with Crippen LogP contribution in [-0.4, -0.2) is 75.0 Å². The Balaban J connectivity index is 0.000000321. The third kappa shape index (κ3) is 6.18. The number of carboxylic acids is 1. The molecular formula is C17H26F3N3O4. The smallest absolute Gasteiger partial charge is 0.475 e. The Morgan fingerprint density at radius 2 is 2.04 bits per heavy atom. The zero-order valence-electron chi connectivity index (χ0n) is 15.4. The molecule has 0 aromatic carbocycles. The van der Waals surface area contributed by atoms with Gasteiger partial charge in [0.05, 0.1) is 24.5 Å². The molecular weight excluding hydrogens is 367 g/mol. The summed E-state index contributed by atoms with van der Waals surface area (Å²) in [5, 5.41) is 20.9. The molecule has 2 aliphatic rings. The van der Waals surface area contributed by atoms with Crippen LogP contribution in [0.3, 0.4) is 0 Å². The maximum absolute atomic E-state index is 10.6. The Morgan fingerprint density at radius 3 is 2.48 bits per heavy atom. The SMILES string of the molecule is CC(O)CN1CCC2(CC1)CC(c1cnn(C)c1)CO2.O=C(O)C(F)(F)F. The molecule has 0 aliphatic carbocycles. The molecule has 2 N–H and O–H groups in total. The Hall–Kier alpha value is -1.65. The van der Waals surface area contributed by atoms with E-state index in [2.05, 4.69) is 16.2 Å². The first kappa shape index (κ1) is 21.6. The highest BCUT2D eigenvalue weighted by Crippen LogP contribution is 2.42. The van der Waals surface area contributed by atoms with Crippen molar-refractivity contribution in [3.63, 3.8) is 0 Å². The molecule has 154 valence electrons. The number of ether oxygens (including phenoxy) is 1. The van der Waals surface area contributed by atoms with E-state index in [1.165, 1.54) is 5.56 Å². The molecule has 3 heterocycles. The van der Waals surface area contributed by atoms with Crippen molar-refractivity contribution in [1.82, 2.24) is 14.7 Å². The van der Waals surface area contributed by atoms with Gasteiger partial charge in [-0.25, -0.2) is 4.79 Å². The van der Waals surface area contributed by atoms with Crippen LogP contribution in [0.5, 0.6) is 0 Å². The molecule has 1 spiro atoms. The van der Waals surface area contributed by atoms with Gasteiger partial charge in [-0.05, 0) is 31.7 Å². The molecule has 3 rings (SSSR count). The number of aliphatic hydroxyl groups is 1. The first-order chi connectivity index (χ1) is 12.5. The summed E-state index contributed by atoms with van der Waals surface area (Å²) in [6.07, 6.45) is 2.02. The summed E-state index contributed by atoms with van der Waals surface area (Å²) in [7, 11) is 1.96. The largest absolute Gasteiger partial charge is 0.490 e. The molecule has 2 fully saturated rings. The van der Waals surface area contributed by atoms with E-state index in [-0.39, 0.29) is 11.7 Å². The van der Waals surface area contributed by atoms with Crippen LogP contribution >= 0.6 is 0 Å². The number of hydrogen-bond acceptors (Lipinski definition) is 5. The van der Waals surface area contributed by atoms with E-state index in [9.17, 15) is 18.3 Å². The quantitative estimate of drug-likeness (QED) is 0.814. The van der Waals surface area contributed by atoms with Crippen LogP contribution in [0.2, 0.25) is 0 Å². The topological polar surface area (TPSA) is 87.8 Å². The van der Waals surface area contributed by atoms with Crippen LogP contribution < -0.4 is 0 Å². The lowest BCUT2D eigenvalue weighted by Gasteiger charge is -2.39. The van der Waals surface area contributed by atoms with Crippen molar-refractivity contribution >= 4 is 5.97 Å². The molecule has 27 heavy (non-hydrogen) atoms. The molecule has 7 nitrogen and oxygen atoms in total. The van der Waals surface area contributed by atoms with Gasteiger partial charge in [0.15, 0.2) is 0 Å². The van der Waals surface area contributed by atoms with Crippen molar-refractivity contribution in [1.29, 1.82) is 0 Å². The van der Waals surface area contributed by atoms with E-state index < -0.39 is 12.1 Å². The van der Waals surface area contributed by atoms with Gasteiger partial charge in [0, 0.05) is 38.8 Å². The minimum atomic E-state index is -5.08. The van der Waals surface area contributed by atoms with E-state index in [0.717, 1.165) is 45.5 Å². The lowest BCUT2D eigenvalue weighted by molar-refractivity contribution is -0.192. The van der Waals surface area contributed by atoms with Crippen LogP contribution in [0.25, 0.3) is 0 Å². The second kappa shape index (κ2) is 8.57. The molecule has 0 amide bonds. The fourth-order valence-corrected chi connectivity index (χ4v) is 3.57. The van der Waals surface area contributed by atoms with E-state index in [4.69, 9.17) is 14.6 Å². The van der Waals surface area contributed by atoms with Crippen molar-refractivity contribution in [3.05, 3.63) is 18.0 Å². The number of carboxylic acid groups (broad SMARTS) is 1. The molecule has 0 bridgehead atoms. The van der Waals surface area contributed by atoms with Crippen molar-refractivity contribution in [3.8, 4) is 0 Å². The first-order valence-electron chi connectivity index (χ1n) is 8.84. The van der Waals surface area contributed by atoms with Crippen LogP contribution in [0.15, 0.2) is 12.4 Å². The first-order valence-corrected chi connectivity index (χ1v) is 8.84. The summed E-state index contributed by atoms with van der Waals surface area (Å²) >= 11 is 0. The van der Waals surface area contributed by atoms with Gasteiger partial charge in [0.25, 0.3) is 0 Å². The fraction of sp³-hybridized carbons (Fsp3) is 0.765. The maximum Gasteiger partial charge on any atom is 0.490 e. The molecule has 2 atom stereocenters. The number of halogens is 3. The van der Waals surface area contributed by atoms with Gasteiger partial charge in [-0.3, -0.25) is 4.68 Å². The van der Waals surface area contributed by atoms with Crippen molar-refractivity contribution in [2.75, 3.05) is 26.2 Å². The highest BCUT2D eigenvalue weighted by Gasteiger charge is 2.43. The van der Waals surface area contributed by atoms with Gasteiger partial charge in [0.2, 0.25) is 0 Å². The third-order valence-electron chi connectivity index (χ3n) is 4.94.